The zero-order chi connectivity index (χ0) is 30.1. The van der Waals surface area contributed by atoms with Crippen molar-refractivity contribution >= 4 is 27.5 Å². The van der Waals surface area contributed by atoms with E-state index in [1.807, 2.05) is 74.5 Å². The van der Waals surface area contributed by atoms with Gasteiger partial charge in [0.05, 0.1) is 10.6 Å². The van der Waals surface area contributed by atoms with Crippen LogP contribution in [-0.2, 0) is 32.6 Å². The number of hydrogen-bond acceptors (Lipinski definition) is 4. The summed E-state index contributed by atoms with van der Waals surface area (Å²) < 4.78 is 43.6. The molecule has 9 heteroatoms. The predicted octanol–water partition coefficient (Wildman–Crippen LogP) is 5.19. The van der Waals surface area contributed by atoms with Gasteiger partial charge in [0.25, 0.3) is 10.0 Å². The molecule has 1 N–H and O–H groups in total. The molecule has 0 aliphatic carbocycles. The zero-order valence-corrected chi connectivity index (χ0v) is 24.4. The van der Waals surface area contributed by atoms with E-state index in [9.17, 15) is 18.0 Å². The third kappa shape index (κ3) is 7.61. The number of benzene rings is 4. The van der Waals surface area contributed by atoms with E-state index >= 15 is 4.39 Å². The first-order valence-electron chi connectivity index (χ1n) is 13.7. The Morgan fingerprint density at radius 3 is 1.86 bits per heavy atom. The van der Waals surface area contributed by atoms with Crippen molar-refractivity contribution in [3.05, 3.63) is 132 Å². The molecule has 0 radical (unpaired) electrons. The summed E-state index contributed by atoms with van der Waals surface area (Å²) in [7, 11) is -4.36. The lowest BCUT2D eigenvalue weighted by Crippen LogP contribution is -2.54. The molecule has 4 aromatic carbocycles. The molecule has 0 fully saturated rings. The molecule has 1 unspecified atom stereocenters. The molecule has 7 nitrogen and oxygen atoms in total. The molecule has 0 aliphatic rings. The average molecular weight is 588 g/mol. The molecule has 4 rings (SSSR count). The van der Waals surface area contributed by atoms with Gasteiger partial charge >= 0.3 is 0 Å². The number of nitrogens with zero attached hydrogens (tertiary/aromatic N) is 2. The number of anilines is 1. The number of hydrogen-bond donors (Lipinski definition) is 1. The molecular formula is C33H34FN3O4S. The normalized spacial score (nSPS) is 12.0. The Labute approximate surface area is 246 Å². The number of carbonyl (C=O) groups is 2. The maximum Gasteiger partial charge on any atom is 0.264 e. The second-order valence-corrected chi connectivity index (χ2v) is 12.0. The fraction of sp³-hybridized carbons (Fsp3) is 0.212. The van der Waals surface area contributed by atoms with Crippen molar-refractivity contribution in [2.45, 2.75) is 43.8 Å². The lowest BCUT2D eigenvalue weighted by atomic mass is 10.0. The molecule has 0 heterocycles. The monoisotopic (exact) mass is 587 g/mol. The number of para-hydroxylation sites is 1. The van der Waals surface area contributed by atoms with E-state index in [2.05, 4.69) is 5.32 Å². The molecular weight excluding hydrogens is 553 g/mol. The minimum Gasteiger partial charge on any atom is -0.352 e. The Morgan fingerprint density at radius 2 is 1.29 bits per heavy atom. The first-order valence-corrected chi connectivity index (χ1v) is 15.1. The number of halogens is 1. The lowest BCUT2D eigenvalue weighted by Gasteiger charge is -2.34. The Bertz CT molecular complexity index is 1580. The molecule has 4 aromatic rings. The van der Waals surface area contributed by atoms with Crippen LogP contribution in [0.5, 0.6) is 0 Å². The van der Waals surface area contributed by atoms with Gasteiger partial charge in [-0.15, -0.1) is 0 Å². The van der Waals surface area contributed by atoms with Crippen LogP contribution in [0.4, 0.5) is 10.1 Å². The third-order valence-corrected chi connectivity index (χ3v) is 8.40. The van der Waals surface area contributed by atoms with Gasteiger partial charge in [-0.25, -0.2) is 12.8 Å². The second-order valence-electron chi connectivity index (χ2n) is 10.2. The highest BCUT2D eigenvalue weighted by Gasteiger charge is 2.35. The molecule has 1 atom stereocenters. The minimum atomic E-state index is -4.36. The van der Waals surface area contributed by atoms with Gasteiger partial charge in [0.15, 0.2) is 0 Å². The van der Waals surface area contributed by atoms with Crippen molar-refractivity contribution in [3.8, 4) is 0 Å². The van der Waals surface area contributed by atoms with E-state index in [0.29, 0.717) is 0 Å². The maximum atomic E-state index is 15.1. The van der Waals surface area contributed by atoms with Crippen LogP contribution in [0.2, 0.25) is 0 Å². The van der Waals surface area contributed by atoms with E-state index in [0.717, 1.165) is 21.5 Å². The highest BCUT2D eigenvalue weighted by atomic mass is 32.2. The van der Waals surface area contributed by atoms with Crippen molar-refractivity contribution < 1.29 is 22.4 Å². The van der Waals surface area contributed by atoms with Crippen LogP contribution in [0.25, 0.3) is 0 Å². The summed E-state index contributed by atoms with van der Waals surface area (Å²) in [5.41, 5.74) is 1.32. The number of rotatable bonds is 12. The van der Waals surface area contributed by atoms with Crippen molar-refractivity contribution in [2.24, 2.45) is 0 Å². The highest BCUT2D eigenvalue weighted by molar-refractivity contribution is 7.92. The molecule has 0 aliphatic heterocycles. The van der Waals surface area contributed by atoms with Crippen LogP contribution < -0.4 is 9.62 Å². The van der Waals surface area contributed by atoms with Gasteiger partial charge in [-0.05, 0) is 49.2 Å². The summed E-state index contributed by atoms with van der Waals surface area (Å²) >= 11 is 0. The Hall–Kier alpha value is -4.50. The fourth-order valence-corrected chi connectivity index (χ4v) is 6.04. The van der Waals surface area contributed by atoms with Gasteiger partial charge < -0.3 is 10.2 Å². The summed E-state index contributed by atoms with van der Waals surface area (Å²) in [4.78, 5) is 29.2. The molecule has 0 bridgehead atoms. The van der Waals surface area contributed by atoms with Crippen molar-refractivity contribution in [1.29, 1.82) is 0 Å². The fourth-order valence-electron chi connectivity index (χ4n) is 4.60. The van der Waals surface area contributed by atoms with Crippen molar-refractivity contribution in [1.82, 2.24) is 10.2 Å². The quantitative estimate of drug-likeness (QED) is 0.247. The van der Waals surface area contributed by atoms with Crippen molar-refractivity contribution in [3.63, 3.8) is 0 Å². The Balaban J connectivity index is 1.79. The van der Waals surface area contributed by atoms with Gasteiger partial charge in [0.2, 0.25) is 11.8 Å². The summed E-state index contributed by atoms with van der Waals surface area (Å²) in [6.45, 7) is 2.98. The summed E-state index contributed by atoms with van der Waals surface area (Å²) in [5, 5.41) is 2.91. The molecule has 0 aromatic heterocycles. The number of sulfonamides is 1. The van der Waals surface area contributed by atoms with Gasteiger partial charge in [-0.1, -0.05) is 91.0 Å². The number of amides is 2. The predicted molar refractivity (Wildman–Crippen MR) is 162 cm³/mol. The van der Waals surface area contributed by atoms with Gasteiger partial charge in [-0.3, -0.25) is 13.9 Å². The Morgan fingerprint density at radius 1 is 0.762 bits per heavy atom. The summed E-state index contributed by atoms with van der Waals surface area (Å²) in [5.74, 6) is -1.82. The van der Waals surface area contributed by atoms with Crippen LogP contribution in [0.15, 0.2) is 120 Å². The third-order valence-electron chi connectivity index (χ3n) is 6.63. The first-order chi connectivity index (χ1) is 20.2. The summed E-state index contributed by atoms with van der Waals surface area (Å²) in [6.07, 6.45) is 0.198. The maximum absolute atomic E-state index is 15.1. The van der Waals surface area contributed by atoms with Crippen LogP contribution in [0.3, 0.4) is 0 Å². The SMILES string of the molecule is CC(C)NC(=O)C(Cc1ccccc1)N(Cc1ccccc1)C(=O)CN(c1ccccc1F)S(=O)(=O)c1ccccc1. The number of carbonyl (C=O) groups excluding carboxylic acids is 2. The molecule has 0 saturated heterocycles. The van der Waals surface area contributed by atoms with E-state index in [1.165, 1.54) is 35.2 Å². The average Bonchev–Trinajstić information content (AvgIpc) is 2.99. The van der Waals surface area contributed by atoms with Gasteiger partial charge in [0, 0.05) is 19.0 Å². The molecule has 42 heavy (non-hydrogen) atoms. The van der Waals surface area contributed by atoms with E-state index in [-0.39, 0.29) is 35.5 Å². The summed E-state index contributed by atoms with van der Waals surface area (Å²) in [6, 6.07) is 30.3. The van der Waals surface area contributed by atoms with E-state index in [1.54, 1.807) is 18.2 Å². The highest BCUT2D eigenvalue weighted by Crippen LogP contribution is 2.27. The van der Waals surface area contributed by atoms with Crippen LogP contribution >= 0.6 is 0 Å². The van der Waals surface area contributed by atoms with Gasteiger partial charge in [0.1, 0.15) is 18.4 Å². The van der Waals surface area contributed by atoms with Crippen molar-refractivity contribution in [2.75, 3.05) is 10.8 Å². The van der Waals surface area contributed by atoms with Gasteiger partial charge in [-0.2, -0.15) is 0 Å². The molecule has 2 amide bonds. The molecule has 218 valence electrons. The topological polar surface area (TPSA) is 86.8 Å². The van der Waals surface area contributed by atoms with E-state index < -0.39 is 34.3 Å². The smallest absolute Gasteiger partial charge is 0.264 e. The standard InChI is InChI=1S/C33H34FN3O4S/c1-25(2)35-33(39)31(22-26-14-6-3-7-15-26)36(23-27-16-8-4-9-17-27)32(38)24-37(30-21-13-12-20-29(30)34)42(40,41)28-18-10-5-11-19-28/h3-21,25,31H,22-24H2,1-2H3,(H,35,39). The zero-order valence-electron chi connectivity index (χ0n) is 23.6. The number of nitrogens with one attached hydrogen (secondary N) is 1. The first kappa shape index (κ1) is 30.5. The van der Waals surface area contributed by atoms with Crippen LogP contribution in [0, 0.1) is 5.82 Å². The molecule has 0 saturated carbocycles. The minimum absolute atomic E-state index is 0.0409. The largest absolute Gasteiger partial charge is 0.352 e. The van der Waals surface area contributed by atoms with E-state index in [4.69, 9.17) is 0 Å². The second kappa shape index (κ2) is 13.9. The van der Waals surface area contributed by atoms with Crippen LogP contribution in [-0.4, -0.2) is 43.8 Å². The lowest BCUT2D eigenvalue weighted by molar-refractivity contribution is -0.140. The van der Waals surface area contributed by atoms with Crippen LogP contribution in [0.1, 0.15) is 25.0 Å². The molecule has 0 spiro atoms. The Kier molecular flexibility index (Phi) is 10.1.